The standard InChI is InChI=1S/C17H12BrFN6/c18-10-1-2-13(19)12(9-10)15-24-16-14(21-7-8-22-16)17(25-15)23-11-3-5-20-6-4-11/h1-9,17H,(H,20,23)(H,22,24,25). The molecule has 25 heavy (non-hydrogen) atoms. The molecule has 2 aromatic heterocycles. The van der Waals surface area contributed by atoms with Gasteiger partial charge in [0, 0.05) is 34.9 Å². The van der Waals surface area contributed by atoms with Gasteiger partial charge in [0.1, 0.15) is 23.5 Å². The van der Waals surface area contributed by atoms with Gasteiger partial charge in [-0.3, -0.25) is 9.97 Å². The summed E-state index contributed by atoms with van der Waals surface area (Å²) >= 11 is 3.36. The highest BCUT2D eigenvalue weighted by Crippen LogP contribution is 2.28. The van der Waals surface area contributed by atoms with Gasteiger partial charge in [-0.05, 0) is 30.3 Å². The second kappa shape index (κ2) is 6.56. The summed E-state index contributed by atoms with van der Waals surface area (Å²) in [4.78, 5) is 17.0. The molecule has 0 fully saturated rings. The van der Waals surface area contributed by atoms with Gasteiger partial charge in [0.05, 0.1) is 5.56 Å². The Bertz CT molecular complexity index is 947. The molecule has 0 spiro atoms. The summed E-state index contributed by atoms with van der Waals surface area (Å²) in [6.45, 7) is 0. The SMILES string of the molecule is Fc1ccc(Br)cc1C1=Nc2nccnc2C(Nc2ccncc2)N1. The highest BCUT2D eigenvalue weighted by atomic mass is 79.9. The number of rotatable bonds is 3. The molecule has 3 aromatic rings. The average Bonchev–Trinajstić information content (AvgIpc) is 2.64. The molecule has 2 N–H and O–H groups in total. The first-order chi connectivity index (χ1) is 12.2. The summed E-state index contributed by atoms with van der Waals surface area (Å²) in [5.74, 6) is 0.463. The van der Waals surface area contributed by atoms with Crippen LogP contribution in [0.1, 0.15) is 17.4 Å². The van der Waals surface area contributed by atoms with Crippen molar-refractivity contribution < 1.29 is 4.39 Å². The Morgan fingerprint density at radius 1 is 1.04 bits per heavy atom. The maximum absolute atomic E-state index is 14.3. The molecule has 3 heterocycles. The summed E-state index contributed by atoms with van der Waals surface area (Å²) in [5, 5.41) is 6.50. The van der Waals surface area contributed by atoms with Crippen LogP contribution in [-0.4, -0.2) is 20.8 Å². The third-order valence-electron chi connectivity index (χ3n) is 3.65. The molecule has 1 unspecified atom stereocenters. The van der Waals surface area contributed by atoms with E-state index in [9.17, 15) is 4.39 Å². The van der Waals surface area contributed by atoms with E-state index in [1.165, 1.54) is 6.07 Å². The third kappa shape index (κ3) is 3.20. The molecule has 1 aliphatic heterocycles. The van der Waals surface area contributed by atoms with Gasteiger partial charge in [0.25, 0.3) is 0 Å². The number of anilines is 1. The Labute approximate surface area is 151 Å². The molecule has 0 saturated heterocycles. The van der Waals surface area contributed by atoms with E-state index < -0.39 is 6.17 Å². The Balaban J connectivity index is 1.75. The number of fused-ring (bicyclic) bond motifs is 1. The predicted molar refractivity (Wildman–Crippen MR) is 96.1 cm³/mol. The number of aromatic nitrogens is 3. The molecule has 124 valence electrons. The minimum Gasteiger partial charge on any atom is -0.360 e. The van der Waals surface area contributed by atoms with E-state index in [-0.39, 0.29) is 5.82 Å². The van der Waals surface area contributed by atoms with Crippen molar-refractivity contribution in [3.05, 3.63) is 76.7 Å². The Kier molecular flexibility index (Phi) is 4.10. The van der Waals surface area contributed by atoms with E-state index >= 15 is 0 Å². The molecular formula is C17H12BrFN6. The summed E-state index contributed by atoms with van der Waals surface area (Å²) in [7, 11) is 0. The molecule has 0 bridgehead atoms. The fraction of sp³-hybridized carbons (Fsp3) is 0.0588. The van der Waals surface area contributed by atoms with E-state index in [0.717, 1.165) is 10.2 Å². The lowest BCUT2D eigenvalue weighted by atomic mass is 10.1. The second-order valence-electron chi connectivity index (χ2n) is 5.31. The number of halogens is 2. The Morgan fingerprint density at radius 2 is 1.84 bits per heavy atom. The van der Waals surface area contributed by atoms with Gasteiger partial charge in [0.15, 0.2) is 5.82 Å². The molecule has 0 saturated carbocycles. The molecule has 8 heteroatoms. The van der Waals surface area contributed by atoms with Gasteiger partial charge in [0.2, 0.25) is 0 Å². The highest BCUT2D eigenvalue weighted by molar-refractivity contribution is 9.10. The van der Waals surface area contributed by atoms with Crippen molar-refractivity contribution in [3.8, 4) is 0 Å². The molecule has 4 rings (SSSR count). The number of amidine groups is 1. The van der Waals surface area contributed by atoms with Crippen molar-refractivity contribution in [2.45, 2.75) is 6.17 Å². The second-order valence-corrected chi connectivity index (χ2v) is 6.22. The molecule has 0 amide bonds. The van der Waals surface area contributed by atoms with Crippen molar-refractivity contribution >= 4 is 33.3 Å². The monoisotopic (exact) mass is 398 g/mol. The normalized spacial score (nSPS) is 15.8. The summed E-state index contributed by atoms with van der Waals surface area (Å²) in [6, 6.07) is 8.38. The van der Waals surface area contributed by atoms with E-state index in [1.807, 2.05) is 12.1 Å². The lowest BCUT2D eigenvalue weighted by Crippen LogP contribution is -2.37. The van der Waals surface area contributed by atoms with E-state index in [2.05, 4.69) is 46.5 Å². The number of nitrogens with one attached hydrogen (secondary N) is 2. The van der Waals surface area contributed by atoms with Crippen molar-refractivity contribution in [3.63, 3.8) is 0 Å². The zero-order valence-electron chi connectivity index (χ0n) is 12.8. The first-order valence-electron chi connectivity index (χ1n) is 7.49. The number of nitrogens with zero attached hydrogens (tertiary/aromatic N) is 4. The van der Waals surface area contributed by atoms with Crippen molar-refractivity contribution in [1.82, 2.24) is 20.3 Å². The zero-order chi connectivity index (χ0) is 17.2. The molecule has 1 atom stereocenters. The summed E-state index contributed by atoms with van der Waals surface area (Å²) in [6.07, 6.45) is 6.13. The number of pyridine rings is 1. The van der Waals surface area contributed by atoms with Gasteiger partial charge in [-0.15, -0.1) is 0 Å². The van der Waals surface area contributed by atoms with Crippen LogP contribution in [0.3, 0.4) is 0 Å². The highest BCUT2D eigenvalue weighted by Gasteiger charge is 2.26. The smallest absolute Gasteiger partial charge is 0.180 e. The largest absolute Gasteiger partial charge is 0.360 e. The van der Waals surface area contributed by atoms with Gasteiger partial charge in [-0.2, -0.15) is 0 Å². The lowest BCUT2D eigenvalue weighted by Gasteiger charge is -2.27. The Hall–Kier alpha value is -2.87. The van der Waals surface area contributed by atoms with Crippen molar-refractivity contribution in [1.29, 1.82) is 0 Å². The van der Waals surface area contributed by atoms with Crippen LogP contribution in [0.15, 0.2) is 64.6 Å². The molecule has 1 aromatic carbocycles. The minimum atomic E-state index is -0.406. The van der Waals surface area contributed by atoms with Crippen molar-refractivity contribution in [2.75, 3.05) is 5.32 Å². The van der Waals surface area contributed by atoms with Crippen LogP contribution in [0, 0.1) is 5.82 Å². The van der Waals surface area contributed by atoms with Crippen LogP contribution in [-0.2, 0) is 0 Å². The fourth-order valence-electron chi connectivity index (χ4n) is 2.51. The van der Waals surface area contributed by atoms with E-state index in [1.54, 1.807) is 36.9 Å². The lowest BCUT2D eigenvalue weighted by molar-refractivity contribution is 0.619. The van der Waals surface area contributed by atoms with E-state index in [4.69, 9.17) is 0 Å². The van der Waals surface area contributed by atoms with Crippen LogP contribution in [0.5, 0.6) is 0 Å². The number of hydrogen-bond donors (Lipinski definition) is 2. The summed E-state index contributed by atoms with van der Waals surface area (Å²) in [5.41, 5.74) is 1.84. The quantitative estimate of drug-likeness (QED) is 0.705. The Morgan fingerprint density at radius 3 is 2.68 bits per heavy atom. The van der Waals surface area contributed by atoms with Gasteiger partial charge >= 0.3 is 0 Å². The molecule has 1 aliphatic rings. The maximum Gasteiger partial charge on any atom is 0.180 e. The molecule has 6 nitrogen and oxygen atoms in total. The van der Waals surface area contributed by atoms with Gasteiger partial charge in [-0.1, -0.05) is 15.9 Å². The molecule has 0 aliphatic carbocycles. The molecule has 0 radical (unpaired) electrons. The maximum atomic E-state index is 14.3. The average molecular weight is 399 g/mol. The zero-order valence-corrected chi connectivity index (χ0v) is 14.4. The number of hydrogen-bond acceptors (Lipinski definition) is 6. The third-order valence-corrected chi connectivity index (χ3v) is 4.15. The van der Waals surface area contributed by atoms with Gasteiger partial charge < -0.3 is 10.6 Å². The van der Waals surface area contributed by atoms with Crippen LogP contribution < -0.4 is 10.6 Å². The summed E-state index contributed by atoms with van der Waals surface area (Å²) < 4.78 is 15.0. The van der Waals surface area contributed by atoms with Crippen LogP contribution in [0.2, 0.25) is 0 Å². The predicted octanol–water partition coefficient (Wildman–Crippen LogP) is 3.57. The first-order valence-corrected chi connectivity index (χ1v) is 8.28. The first kappa shape index (κ1) is 15.6. The van der Waals surface area contributed by atoms with E-state index in [0.29, 0.717) is 22.9 Å². The topological polar surface area (TPSA) is 75.1 Å². The fourth-order valence-corrected chi connectivity index (χ4v) is 2.87. The minimum absolute atomic E-state index is 0.354. The van der Waals surface area contributed by atoms with Crippen LogP contribution in [0.25, 0.3) is 0 Å². The number of benzene rings is 1. The number of aliphatic imine (C=N–C) groups is 1. The van der Waals surface area contributed by atoms with Gasteiger partial charge in [-0.25, -0.2) is 14.4 Å². The van der Waals surface area contributed by atoms with Crippen LogP contribution in [0.4, 0.5) is 15.9 Å². The van der Waals surface area contributed by atoms with Crippen LogP contribution >= 0.6 is 15.9 Å². The van der Waals surface area contributed by atoms with Crippen molar-refractivity contribution in [2.24, 2.45) is 4.99 Å². The molecular weight excluding hydrogens is 387 g/mol.